The van der Waals surface area contributed by atoms with Crippen molar-refractivity contribution < 1.29 is 14.7 Å². The van der Waals surface area contributed by atoms with E-state index in [1.165, 1.54) is 0 Å². The topological polar surface area (TPSA) is 69.6 Å². The molecule has 1 fully saturated rings. The van der Waals surface area contributed by atoms with E-state index in [2.05, 4.69) is 19.2 Å². The number of likely N-dealkylation sites (tertiary alicyclic amines) is 1. The number of aliphatic carboxylic acids is 1. The molecule has 1 amide bonds. The largest absolute Gasteiger partial charge is 0.480 e. The molecule has 1 saturated heterocycles. The summed E-state index contributed by atoms with van der Waals surface area (Å²) in [4.78, 5) is 25.1. The predicted molar refractivity (Wildman–Crippen MR) is 83.1 cm³/mol. The van der Waals surface area contributed by atoms with E-state index in [9.17, 15) is 9.59 Å². The van der Waals surface area contributed by atoms with E-state index in [1.54, 1.807) is 0 Å². The fourth-order valence-electron chi connectivity index (χ4n) is 3.03. The third-order valence-corrected chi connectivity index (χ3v) is 4.29. The summed E-state index contributed by atoms with van der Waals surface area (Å²) < 4.78 is 0. The van der Waals surface area contributed by atoms with Gasteiger partial charge in [-0.3, -0.25) is 9.59 Å². The number of carbonyl (C=O) groups is 2. The van der Waals surface area contributed by atoms with Gasteiger partial charge in [0.1, 0.15) is 0 Å². The first-order valence-corrected chi connectivity index (χ1v) is 8.29. The third-order valence-electron chi connectivity index (χ3n) is 4.29. The summed E-state index contributed by atoms with van der Waals surface area (Å²) in [5.41, 5.74) is 0. The molecule has 1 aliphatic rings. The number of unbranched alkanes of at least 4 members (excludes halogenated alkanes) is 1. The molecule has 122 valence electrons. The highest BCUT2D eigenvalue weighted by atomic mass is 16.4. The lowest BCUT2D eigenvalue weighted by molar-refractivity contribution is -0.138. The van der Waals surface area contributed by atoms with Crippen LogP contribution in [0.25, 0.3) is 0 Å². The van der Waals surface area contributed by atoms with Crippen LogP contribution < -0.4 is 5.32 Å². The van der Waals surface area contributed by atoms with E-state index in [0.29, 0.717) is 18.4 Å². The standard InChI is InChI=1S/C16H30N2O3/c1-3-5-8-14(4-2)16(21)18-9-6-7-13(12-18)10-17-11-15(19)20/h13-14,17H,3-12H2,1-2H3,(H,19,20). The number of carboxylic acid groups (broad SMARTS) is 1. The number of rotatable bonds is 9. The molecule has 0 aromatic rings. The Morgan fingerprint density at radius 1 is 1.38 bits per heavy atom. The maximum atomic E-state index is 12.6. The average molecular weight is 298 g/mol. The van der Waals surface area contributed by atoms with Crippen molar-refractivity contribution in [1.29, 1.82) is 0 Å². The van der Waals surface area contributed by atoms with Gasteiger partial charge in [0.05, 0.1) is 6.54 Å². The highest BCUT2D eigenvalue weighted by Gasteiger charge is 2.27. The lowest BCUT2D eigenvalue weighted by Gasteiger charge is -2.35. The first kappa shape index (κ1) is 18.0. The fraction of sp³-hybridized carbons (Fsp3) is 0.875. The van der Waals surface area contributed by atoms with Crippen LogP contribution in [0.5, 0.6) is 0 Å². The van der Waals surface area contributed by atoms with E-state index in [4.69, 9.17) is 5.11 Å². The van der Waals surface area contributed by atoms with E-state index in [-0.39, 0.29) is 12.5 Å². The molecule has 0 aromatic heterocycles. The van der Waals surface area contributed by atoms with Crippen LogP contribution >= 0.6 is 0 Å². The van der Waals surface area contributed by atoms with E-state index in [0.717, 1.165) is 51.6 Å². The van der Waals surface area contributed by atoms with Crippen molar-refractivity contribution in [3.63, 3.8) is 0 Å². The molecular weight excluding hydrogens is 268 g/mol. The number of hydrogen-bond donors (Lipinski definition) is 2. The number of nitrogens with zero attached hydrogens (tertiary/aromatic N) is 1. The Morgan fingerprint density at radius 2 is 2.14 bits per heavy atom. The number of carboxylic acids is 1. The van der Waals surface area contributed by atoms with Crippen LogP contribution in [0, 0.1) is 11.8 Å². The Bertz CT molecular complexity index is 333. The van der Waals surface area contributed by atoms with E-state index in [1.807, 2.05) is 4.90 Å². The summed E-state index contributed by atoms with van der Waals surface area (Å²) in [5, 5.41) is 11.6. The van der Waals surface area contributed by atoms with Crippen molar-refractivity contribution in [3.8, 4) is 0 Å². The summed E-state index contributed by atoms with van der Waals surface area (Å²) >= 11 is 0. The first-order chi connectivity index (χ1) is 10.1. The highest BCUT2D eigenvalue weighted by Crippen LogP contribution is 2.21. The Balaban J connectivity index is 2.42. The Labute approximate surface area is 128 Å². The summed E-state index contributed by atoms with van der Waals surface area (Å²) in [6, 6.07) is 0. The molecule has 21 heavy (non-hydrogen) atoms. The Kier molecular flexibility index (Phi) is 8.35. The summed E-state index contributed by atoms with van der Waals surface area (Å²) in [7, 11) is 0. The molecule has 0 spiro atoms. The maximum Gasteiger partial charge on any atom is 0.317 e. The number of amides is 1. The minimum Gasteiger partial charge on any atom is -0.480 e. The predicted octanol–water partition coefficient (Wildman–Crippen LogP) is 2.12. The van der Waals surface area contributed by atoms with Crippen LogP contribution in [0.15, 0.2) is 0 Å². The van der Waals surface area contributed by atoms with E-state index < -0.39 is 5.97 Å². The third kappa shape index (κ3) is 6.46. The van der Waals surface area contributed by atoms with Gasteiger partial charge < -0.3 is 15.3 Å². The minimum absolute atomic E-state index is 0.00146. The zero-order valence-electron chi connectivity index (χ0n) is 13.4. The van der Waals surface area contributed by atoms with Gasteiger partial charge in [-0.1, -0.05) is 26.7 Å². The minimum atomic E-state index is -0.829. The van der Waals surface area contributed by atoms with Crippen LogP contribution in [0.2, 0.25) is 0 Å². The normalized spacial score (nSPS) is 20.3. The summed E-state index contributed by atoms with van der Waals surface area (Å²) in [6.07, 6.45) is 6.24. The van der Waals surface area contributed by atoms with Crippen LogP contribution in [0.4, 0.5) is 0 Å². The molecule has 2 atom stereocenters. The fourth-order valence-corrected chi connectivity index (χ4v) is 3.03. The number of carbonyl (C=O) groups excluding carboxylic acids is 1. The molecule has 1 heterocycles. The summed E-state index contributed by atoms with van der Waals surface area (Å²) in [5.74, 6) is 0.0136. The highest BCUT2D eigenvalue weighted by molar-refractivity contribution is 5.78. The smallest absolute Gasteiger partial charge is 0.317 e. The van der Waals surface area contributed by atoms with Crippen molar-refractivity contribution >= 4 is 11.9 Å². The van der Waals surface area contributed by atoms with Crippen molar-refractivity contribution in [2.75, 3.05) is 26.2 Å². The molecular formula is C16H30N2O3. The quantitative estimate of drug-likeness (QED) is 0.684. The van der Waals surface area contributed by atoms with Gasteiger partial charge in [0, 0.05) is 25.6 Å². The second-order valence-electron chi connectivity index (χ2n) is 6.06. The monoisotopic (exact) mass is 298 g/mol. The molecule has 2 unspecified atom stereocenters. The molecule has 2 N–H and O–H groups in total. The van der Waals surface area contributed by atoms with Gasteiger partial charge in [0.15, 0.2) is 0 Å². The number of piperidine rings is 1. The zero-order valence-corrected chi connectivity index (χ0v) is 13.4. The SMILES string of the molecule is CCCCC(CC)C(=O)N1CCCC(CNCC(=O)O)C1. The van der Waals surface area contributed by atoms with Crippen LogP contribution in [0.3, 0.4) is 0 Å². The van der Waals surface area contributed by atoms with Crippen molar-refractivity contribution in [2.45, 2.75) is 52.4 Å². The lowest BCUT2D eigenvalue weighted by atomic mass is 9.93. The van der Waals surface area contributed by atoms with Crippen LogP contribution in [-0.2, 0) is 9.59 Å². The van der Waals surface area contributed by atoms with Crippen LogP contribution in [0.1, 0.15) is 52.4 Å². The molecule has 0 aromatic carbocycles. The number of nitrogens with one attached hydrogen (secondary N) is 1. The molecule has 0 aliphatic carbocycles. The molecule has 0 saturated carbocycles. The van der Waals surface area contributed by atoms with Crippen molar-refractivity contribution in [2.24, 2.45) is 11.8 Å². The van der Waals surface area contributed by atoms with Crippen molar-refractivity contribution in [3.05, 3.63) is 0 Å². The van der Waals surface area contributed by atoms with Crippen LogP contribution in [-0.4, -0.2) is 48.1 Å². The second kappa shape index (κ2) is 9.77. The lowest BCUT2D eigenvalue weighted by Crippen LogP contribution is -2.45. The van der Waals surface area contributed by atoms with Gasteiger partial charge in [-0.15, -0.1) is 0 Å². The van der Waals surface area contributed by atoms with Gasteiger partial charge in [-0.2, -0.15) is 0 Å². The van der Waals surface area contributed by atoms with Gasteiger partial charge in [-0.05, 0) is 31.6 Å². The summed E-state index contributed by atoms with van der Waals surface area (Å²) in [6.45, 7) is 6.56. The zero-order chi connectivity index (χ0) is 15.7. The molecule has 0 bridgehead atoms. The second-order valence-corrected chi connectivity index (χ2v) is 6.06. The molecule has 1 aliphatic heterocycles. The molecule has 5 heteroatoms. The molecule has 5 nitrogen and oxygen atoms in total. The first-order valence-electron chi connectivity index (χ1n) is 8.29. The van der Waals surface area contributed by atoms with E-state index >= 15 is 0 Å². The number of hydrogen-bond acceptors (Lipinski definition) is 3. The molecule has 1 rings (SSSR count). The average Bonchev–Trinajstić information content (AvgIpc) is 2.47. The van der Waals surface area contributed by atoms with Crippen molar-refractivity contribution in [1.82, 2.24) is 10.2 Å². The van der Waals surface area contributed by atoms with Gasteiger partial charge in [-0.25, -0.2) is 0 Å². The van der Waals surface area contributed by atoms with Gasteiger partial charge in [0.2, 0.25) is 5.91 Å². The Hall–Kier alpha value is -1.10. The molecule has 0 radical (unpaired) electrons. The Morgan fingerprint density at radius 3 is 2.76 bits per heavy atom. The maximum absolute atomic E-state index is 12.6. The van der Waals surface area contributed by atoms with Gasteiger partial charge in [0.25, 0.3) is 0 Å². The van der Waals surface area contributed by atoms with Gasteiger partial charge >= 0.3 is 5.97 Å².